The summed E-state index contributed by atoms with van der Waals surface area (Å²) in [6, 6.07) is 11.9. The van der Waals surface area contributed by atoms with E-state index in [1.165, 1.54) is 24.3 Å². The first kappa shape index (κ1) is 21.2. The Balaban J connectivity index is 1.50. The summed E-state index contributed by atoms with van der Waals surface area (Å²) in [5.41, 5.74) is 1.74. The summed E-state index contributed by atoms with van der Waals surface area (Å²) in [6.45, 7) is 1.90. The summed E-state index contributed by atoms with van der Waals surface area (Å²) in [4.78, 5) is 48.6. The molecule has 1 aliphatic heterocycles. The van der Waals surface area contributed by atoms with Gasteiger partial charge in [0.1, 0.15) is 5.82 Å². The molecule has 1 fully saturated rings. The number of nitrogens with zero attached hydrogens (tertiary/aromatic N) is 1. The number of amides is 4. The molecule has 1 unspecified atom stereocenters. The normalized spacial score (nSPS) is 14.5. The van der Waals surface area contributed by atoms with Crippen LogP contribution in [-0.2, 0) is 14.4 Å². The molecule has 2 N–H and O–H groups in total. The highest BCUT2D eigenvalue weighted by molar-refractivity contribution is 6.04. The average Bonchev–Trinajstić information content (AvgIpc) is 3.05. The van der Waals surface area contributed by atoms with Crippen molar-refractivity contribution < 1.29 is 23.6 Å². The second-order valence-electron chi connectivity index (χ2n) is 7.06. The molecule has 7 nitrogen and oxygen atoms in total. The van der Waals surface area contributed by atoms with Crippen molar-refractivity contribution >= 4 is 29.3 Å². The van der Waals surface area contributed by atoms with Crippen LogP contribution in [-0.4, -0.2) is 35.1 Å². The Bertz CT molecular complexity index is 941. The maximum atomic E-state index is 13.0. The highest BCUT2D eigenvalue weighted by Crippen LogP contribution is 2.18. The van der Waals surface area contributed by atoms with Crippen molar-refractivity contribution in [2.45, 2.75) is 32.2 Å². The highest BCUT2D eigenvalue weighted by atomic mass is 19.1. The van der Waals surface area contributed by atoms with E-state index in [2.05, 4.69) is 10.6 Å². The van der Waals surface area contributed by atoms with Gasteiger partial charge in [0.2, 0.25) is 17.7 Å². The molecular formula is C22H22FN3O4. The van der Waals surface area contributed by atoms with E-state index in [0.717, 1.165) is 10.5 Å². The summed E-state index contributed by atoms with van der Waals surface area (Å²) in [7, 11) is 0. The Labute approximate surface area is 173 Å². The number of imide groups is 1. The molecule has 2 aromatic rings. The van der Waals surface area contributed by atoms with E-state index < -0.39 is 5.82 Å². The Kier molecular flexibility index (Phi) is 6.56. The van der Waals surface area contributed by atoms with Crippen molar-refractivity contribution in [2.75, 3.05) is 11.9 Å². The lowest BCUT2D eigenvalue weighted by atomic mass is 10.1. The molecule has 0 aliphatic carbocycles. The zero-order chi connectivity index (χ0) is 21.7. The molecule has 8 heteroatoms. The van der Waals surface area contributed by atoms with E-state index in [1.54, 1.807) is 24.3 Å². The van der Waals surface area contributed by atoms with Crippen LogP contribution in [0, 0.1) is 5.82 Å². The average molecular weight is 411 g/mol. The SMILES string of the molecule is CC(NC(=O)CCN1C(=O)CCC1=O)c1ccc(NC(=O)c2ccc(F)cc2)cc1. The molecule has 1 aliphatic rings. The minimum atomic E-state index is -0.412. The van der Waals surface area contributed by atoms with Crippen molar-refractivity contribution in [1.29, 1.82) is 0 Å². The number of likely N-dealkylation sites (tertiary alicyclic amines) is 1. The molecule has 0 spiro atoms. The first-order valence-electron chi connectivity index (χ1n) is 9.63. The van der Waals surface area contributed by atoms with Gasteiger partial charge in [0.15, 0.2) is 0 Å². The van der Waals surface area contributed by atoms with Crippen molar-refractivity contribution in [3.63, 3.8) is 0 Å². The number of carbonyl (C=O) groups excluding carboxylic acids is 4. The Morgan fingerprint density at radius 3 is 2.20 bits per heavy atom. The molecular weight excluding hydrogens is 389 g/mol. The minimum absolute atomic E-state index is 0.0492. The lowest BCUT2D eigenvalue weighted by Gasteiger charge is -2.17. The first-order chi connectivity index (χ1) is 14.3. The minimum Gasteiger partial charge on any atom is -0.350 e. The second-order valence-corrected chi connectivity index (χ2v) is 7.06. The van der Waals surface area contributed by atoms with Crippen LogP contribution in [0.25, 0.3) is 0 Å². The van der Waals surface area contributed by atoms with Crippen LogP contribution < -0.4 is 10.6 Å². The fourth-order valence-electron chi connectivity index (χ4n) is 3.14. The zero-order valence-corrected chi connectivity index (χ0v) is 16.5. The molecule has 30 heavy (non-hydrogen) atoms. The zero-order valence-electron chi connectivity index (χ0n) is 16.5. The number of rotatable bonds is 7. The Morgan fingerprint density at radius 2 is 1.60 bits per heavy atom. The third kappa shape index (κ3) is 5.28. The maximum absolute atomic E-state index is 13.0. The Hall–Kier alpha value is -3.55. The summed E-state index contributed by atoms with van der Waals surface area (Å²) < 4.78 is 13.0. The molecule has 2 aromatic carbocycles. The van der Waals surface area contributed by atoms with Crippen LogP contribution in [0.3, 0.4) is 0 Å². The molecule has 0 aromatic heterocycles. The van der Waals surface area contributed by atoms with Gasteiger partial charge in [-0.15, -0.1) is 0 Å². The van der Waals surface area contributed by atoms with Crippen LogP contribution in [0.2, 0.25) is 0 Å². The topological polar surface area (TPSA) is 95.6 Å². The van der Waals surface area contributed by atoms with Gasteiger partial charge in [0, 0.05) is 37.1 Å². The second kappa shape index (κ2) is 9.30. The van der Waals surface area contributed by atoms with Crippen LogP contribution >= 0.6 is 0 Å². The van der Waals surface area contributed by atoms with Gasteiger partial charge in [0.05, 0.1) is 6.04 Å². The summed E-state index contributed by atoms with van der Waals surface area (Å²) in [5, 5.41) is 5.56. The van der Waals surface area contributed by atoms with Gasteiger partial charge >= 0.3 is 0 Å². The van der Waals surface area contributed by atoms with E-state index in [1.807, 2.05) is 6.92 Å². The number of nitrogens with one attached hydrogen (secondary N) is 2. The number of hydrogen-bond acceptors (Lipinski definition) is 4. The van der Waals surface area contributed by atoms with Crippen molar-refractivity contribution in [1.82, 2.24) is 10.2 Å². The molecule has 0 saturated carbocycles. The predicted molar refractivity (Wildman–Crippen MR) is 108 cm³/mol. The van der Waals surface area contributed by atoms with E-state index in [4.69, 9.17) is 0 Å². The van der Waals surface area contributed by atoms with Gasteiger partial charge in [0.25, 0.3) is 5.91 Å². The molecule has 1 atom stereocenters. The van der Waals surface area contributed by atoms with Gasteiger partial charge in [-0.1, -0.05) is 12.1 Å². The standard InChI is InChI=1S/C22H22FN3O4/c1-14(24-19(27)12-13-26-20(28)10-11-21(26)29)15-4-8-18(9-5-15)25-22(30)16-2-6-17(23)7-3-16/h2-9,14H,10-13H2,1H3,(H,24,27)(H,25,30). The van der Waals surface area contributed by atoms with Gasteiger partial charge in [-0.05, 0) is 48.9 Å². The van der Waals surface area contributed by atoms with Crippen molar-refractivity contribution in [3.05, 3.63) is 65.5 Å². The largest absolute Gasteiger partial charge is 0.350 e. The number of hydrogen-bond donors (Lipinski definition) is 2. The smallest absolute Gasteiger partial charge is 0.255 e. The highest BCUT2D eigenvalue weighted by Gasteiger charge is 2.28. The number of halogens is 1. The van der Waals surface area contributed by atoms with Gasteiger partial charge in [-0.25, -0.2) is 4.39 Å². The summed E-state index contributed by atoms with van der Waals surface area (Å²) >= 11 is 0. The van der Waals surface area contributed by atoms with Crippen molar-refractivity contribution in [2.24, 2.45) is 0 Å². The Morgan fingerprint density at radius 1 is 1.00 bits per heavy atom. The number of carbonyl (C=O) groups is 4. The molecule has 0 bridgehead atoms. The van der Waals surface area contributed by atoms with E-state index in [0.29, 0.717) is 11.3 Å². The monoisotopic (exact) mass is 411 g/mol. The van der Waals surface area contributed by atoms with E-state index >= 15 is 0 Å². The molecule has 4 amide bonds. The van der Waals surface area contributed by atoms with Crippen LogP contribution in [0.15, 0.2) is 48.5 Å². The lowest BCUT2D eigenvalue weighted by Crippen LogP contribution is -2.34. The summed E-state index contributed by atoms with van der Waals surface area (Å²) in [5.74, 6) is -1.50. The molecule has 0 radical (unpaired) electrons. The molecule has 156 valence electrons. The fraction of sp³-hybridized carbons (Fsp3) is 0.273. The molecule has 1 heterocycles. The van der Waals surface area contributed by atoms with Crippen molar-refractivity contribution in [3.8, 4) is 0 Å². The third-order valence-corrected chi connectivity index (χ3v) is 4.87. The van der Waals surface area contributed by atoms with Crippen LogP contribution in [0.1, 0.15) is 48.1 Å². The quantitative estimate of drug-likeness (QED) is 0.685. The molecule has 1 saturated heterocycles. The maximum Gasteiger partial charge on any atom is 0.255 e. The van der Waals surface area contributed by atoms with Gasteiger partial charge in [-0.2, -0.15) is 0 Å². The predicted octanol–water partition coefficient (Wildman–Crippen LogP) is 2.79. The van der Waals surface area contributed by atoms with E-state index in [-0.39, 0.29) is 55.5 Å². The number of benzene rings is 2. The number of anilines is 1. The molecule has 3 rings (SSSR count). The summed E-state index contributed by atoms with van der Waals surface area (Å²) in [6.07, 6.45) is 0.468. The fourth-order valence-corrected chi connectivity index (χ4v) is 3.14. The third-order valence-electron chi connectivity index (χ3n) is 4.87. The first-order valence-corrected chi connectivity index (χ1v) is 9.63. The van der Waals surface area contributed by atoms with Crippen LogP contribution in [0.5, 0.6) is 0 Å². The van der Waals surface area contributed by atoms with Crippen LogP contribution in [0.4, 0.5) is 10.1 Å². The van der Waals surface area contributed by atoms with E-state index in [9.17, 15) is 23.6 Å². The van der Waals surface area contributed by atoms with Gasteiger partial charge in [-0.3, -0.25) is 24.1 Å². The lowest BCUT2D eigenvalue weighted by molar-refractivity contribution is -0.138. The van der Waals surface area contributed by atoms with Gasteiger partial charge < -0.3 is 10.6 Å².